The largest absolute Gasteiger partial charge is 0.497 e. The third-order valence-corrected chi connectivity index (χ3v) is 6.66. The fourth-order valence-electron chi connectivity index (χ4n) is 5.02. The van der Waals surface area contributed by atoms with E-state index in [1.807, 2.05) is 65.6 Å². The summed E-state index contributed by atoms with van der Waals surface area (Å²) < 4.78 is 21.2. The number of carbonyl (C=O) groups is 2. The third-order valence-electron chi connectivity index (χ3n) is 6.66. The molecule has 0 fully saturated rings. The van der Waals surface area contributed by atoms with Crippen LogP contribution in [0.2, 0.25) is 0 Å². The number of methoxy groups -OCH3 is 4. The summed E-state index contributed by atoms with van der Waals surface area (Å²) in [5.41, 5.74) is 1.68. The number of nitrogens with zero attached hydrogens (tertiary/aromatic N) is 1. The van der Waals surface area contributed by atoms with Crippen molar-refractivity contribution < 1.29 is 28.5 Å². The molecular formula is C27H29NO6. The van der Waals surface area contributed by atoms with Crippen LogP contribution in [-0.2, 0) is 19.1 Å². The van der Waals surface area contributed by atoms with E-state index in [1.165, 1.54) is 14.2 Å². The van der Waals surface area contributed by atoms with Gasteiger partial charge in [-0.15, -0.1) is 0 Å². The number of esters is 2. The normalized spacial score (nSPS) is 21.5. The molecule has 34 heavy (non-hydrogen) atoms. The van der Waals surface area contributed by atoms with E-state index in [-0.39, 0.29) is 5.97 Å². The number of benzene rings is 2. The number of hydrogen-bond donors (Lipinski definition) is 0. The number of rotatable bonds is 6. The lowest BCUT2D eigenvalue weighted by Crippen LogP contribution is -2.50. The molecule has 4 rings (SSSR count). The molecule has 2 atom stereocenters. The van der Waals surface area contributed by atoms with Crippen molar-refractivity contribution >= 4 is 17.6 Å². The van der Waals surface area contributed by atoms with E-state index < -0.39 is 17.3 Å². The second-order valence-corrected chi connectivity index (χ2v) is 8.27. The minimum Gasteiger partial charge on any atom is -0.497 e. The standard InChI is InChI=1S/C27H29NO6/c1-31-20-12-8-18(9-13-20)22-17-23(25(29)33-3)28(19-10-14-21(32-2)15-11-19)24-7-5-6-16-27(22,24)26(30)34-4/h7-15,17,22H,5-6,16H2,1-4H3. The SMILES string of the molecule is COC(=O)C1=CC(c2ccc(OC)cc2)C2(C(=O)OC)CCCC=C2N1c1ccc(OC)cc1. The molecule has 2 aliphatic rings. The van der Waals surface area contributed by atoms with Gasteiger partial charge in [-0.25, -0.2) is 4.79 Å². The summed E-state index contributed by atoms with van der Waals surface area (Å²) in [6.07, 6.45) is 6.06. The molecule has 1 aliphatic carbocycles. The van der Waals surface area contributed by atoms with Gasteiger partial charge in [-0.1, -0.05) is 18.2 Å². The minimum atomic E-state index is -1.00. The third kappa shape index (κ3) is 3.81. The van der Waals surface area contributed by atoms with Crippen molar-refractivity contribution in [3.63, 3.8) is 0 Å². The van der Waals surface area contributed by atoms with Crippen LogP contribution < -0.4 is 14.4 Å². The molecular weight excluding hydrogens is 434 g/mol. The van der Waals surface area contributed by atoms with Crippen LogP contribution in [-0.4, -0.2) is 40.4 Å². The summed E-state index contributed by atoms with van der Waals surface area (Å²) in [6, 6.07) is 14.9. The van der Waals surface area contributed by atoms with Gasteiger partial charge in [-0.3, -0.25) is 4.79 Å². The van der Waals surface area contributed by atoms with Gasteiger partial charge < -0.3 is 23.8 Å². The lowest BCUT2D eigenvalue weighted by molar-refractivity contribution is -0.152. The van der Waals surface area contributed by atoms with Gasteiger partial charge >= 0.3 is 11.9 Å². The highest BCUT2D eigenvalue weighted by Crippen LogP contribution is 2.56. The highest BCUT2D eigenvalue weighted by molar-refractivity contribution is 5.98. The zero-order valence-corrected chi connectivity index (χ0v) is 19.9. The van der Waals surface area contributed by atoms with Crippen molar-refractivity contribution in [2.75, 3.05) is 33.3 Å². The quantitative estimate of drug-likeness (QED) is 0.580. The molecule has 1 heterocycles. The van der Waals surface area contributed by atoms with Crippen molar-refractivity contribution in [3.05, 3.63) is 77.6 Å². The maximum Gasteiger partial charge on any atom is 0.354 e. The number of fused-ring (bicyclic) bond motifs is 1. The number of allylic oxidation sites excluding steroid dienone is 2. The van der Waals surface area contributed by atoms with E-state index in [0.29, 0.717) is 23.6 Å². The highest BCUT2D eigenvalue weighted by atomic mass is 16.5. The van der Waals surface area contributed by atoms with Gasteiger partial charge in [0.2, 0.25) is 0 Å². The lowest BCUT2D eigenvalue weighted by atomic mass is 9.62. The fourth-order valence-corrected chi connectivity index (χ4v) is 5.02. The van der Waals surface area contributed by atoms with Crippen LogP contribution >= 0.6 is 0 Å². The zero-order valence-electron chi connectivity index (χ0n) is 19.9. The fraction of sp³-hybridized carbons (Fsp3) is 0.333. The number of carbonyl (C=O) groups excluding carboxylic acids is 2. The summed E-state index contributed by atoms with van der Waals surface area (Å²) in [5, 5.41) is 0. The van der Waals surface area contributed by atoms with Crippen molar-refractivity contribution in [2.45, 2.75) is 25.2 Å². The lowest BCUT2D eigenvalue weighted by Gasteiger charge is -2.49. The first kappa shape index (κ1) is 23.4. The van der Waals surface area contributed by atoms with Gasteiger partial charge in [-0.05, 0) is 67.3 Å². The molecule has 0 saturated heterocycles. The van der Waals surface area contributed by atoms with Crippen LogP contribution in [0.5, 0.6) is 11.5 Å². The average molecular weight is 464 g/mol. The second-order valence-electron chi connectivity index (χ2n) is 8.27. The van der Waals surface area contributed by atoms with Crippen molar-refractivity contribution in [3.8, 4) is 11.5 Å². The Morgan fingerprint density at radius 3 is 2.06 bits per heavy atom. The smallest absolute Gasteiger partial charge is 0.354 e. The summed E-state index contributed by atoms with van der Waals surface area (Å²) in [6.45, 7) is 0. The van der Waals surface area contributed by atoms with E-state index >= 15 is 0 Å². The van der Waals surface area contributed by atoms with E-state index in [0.717, 1.165) is 29.8 Å². The minimum absolute atomic E-state index is 0.335. The molecule has 0 amide bonds. The van der Waals surface area contributed by atoms with Crippen LogP contribution in [0.15, 0.2) is 72.1 Å². The van der Waals surface area contributed by atoms with Crippen LogP contribution in [0.3, 0.4) is 0 Å². The van der Waals surface area contributed by atoms with Gasteiger partial charge in [0.1, 0.15) is 22.6 Å². The number of anilines is 1. The second kappa shape index (κ2) is 9.63. The van der Waals surface area contributed by atoms with Gasteiger partial charge in [-0.2, -0.15) is 0 Å². The molecule has 0 spiro atoms. The Balaban J connectivity index is 1.98. The summed E-state index contributed by atoms with van der Waals surface area (Å²) in [5.74, 6) is 0.152. The zero-order chi connectivity index (χ0) is 24.3. The van der Waals surface area contributed by atoms with E-state index in [4.69, 9.17) is 18.9 Å². The molecule has 2 aromatic rings. The van der Waals surface area contributed by atoms with Crippen LogP contribution in [0.4, 0.5) is 5.69 Å². The molecule has 7 heteroatoms. The van der Waals surface area contributed by atoms with Crippen LogP contribution in [0, 0.1) is 5.41 Å². The Hall–Kier alpha value is -3.74. The number of ether oxygens (including phenoxy) is 4. The van der Waals surface area contributed by atoms with E-state index in [1.54, 1.807) is 14.2 Å². The molecule has 2 aromatic carbocycles. The molecule has 0 aromatic heterocycles. The Bertz CT molecular complexity index is 1120. The Kier molecular flexibility index (Phi) is 6.63. The first-order valence-electron chi connectivity index (χ1n) is 11.2. The van der Waals surface area contributed by atoms with Crippen LogP contribution in [0.25, 0.3) is 0 Å². The summed E-state index contributed by atoms with van der Waals surface area (Å²) in [4.78, 5) is 28.4. The first-order valence-corrected chi connectivity index (χ1v) is 11.2. The maximum atomic E-state index is 13.6. The molecule has 0 N–H and O–H groups in total. The molecule has 2 unspecified atom stereocenters. The summed E-state index contributed by atoms with van der Waals surface area (Å²) in [7, 11) is 5.97. The maximum absolute atomic E-state index is 13.6. The average Bonchev–Trinajstić information content (AvgIpc) is 2.91. The monoisotopic (exact) mass is 463 g/mol. The Morgan fingerprint density at radius 1 is 0.882 bits per heavy atom. The predicted octanol–water partition coefficient (Wildman–Crippen LogP) is 4.59. The topological polar surface area (TPSA) is 74.3 Å². The first-order chi connectivity index (χ1) is 16.5. The van der Waals surface area contributed by atoms with Crippen molar-refractivity contribution in [2.24, 2.45) is 5.41 Å². The van der Waals surface area contributed by atoms with E-state index in [2.05, 4.69) is 0 Å². The molecule has 7 nitrogen and oxygen atoms in total. The molecule has 0 saturated carbocycles. The molecule has 178 valence electrons. The summed E-state index contributed by atoms with van der Waals surface area (Å²) >= 11 is 0. The molecule has 0 bridgehead atoms. The van der Waals surface area contributed by atoms with Gasteiger partial charge in [0.05, 0.1) is 28.4 Å². The Morgan fingerprint density at radius 2 is 1.50 bits per heavy atom. The number of hydrogen-bond acceptors (Lipinski definition) is 7. The highest BCUT2D eigenvalue weighted by Gasteiger charge is 2.56. The molecule has 1 aliphatic heterocycles. The van der Waals surface area contributed by atoms with Crippen LogP contribution in [0.1, 0.15) is 30.7 Å². The van der Waals surface area contributed by atoms with Crippen molar-refractivity contribution in [1.29, 1.82) is 0 Å². The molecule has 0 radical (unpaired) electrons. The van der Waals surface area contributed by atoms with Gasteiger partial charge in [0.25, 0.3) is 0 Å². The predicted molar refractivity (Wildman–Crippen MR) is 128 cm³/mol. The van der Waals surface area contributed by atoms with Gasteiger partial charge in [0.15, 0.2) is 0 Å². The Labute approximate surface area is 199 Å². The van der Waals surface area contributed by atoms with Crippen molar-refractivity contribution in [1.82, 2.24) is 0 Å². The van der Waals surface area contributed by atoms with Gasteiger partial charge in [0, 0.05) is 17.3 Å². The van der Waals surface area contributed by atoms with E-state index in [9.17, 15) is 9.59 Å².